The molecular weight excluding hydrogens is 380 g/mol. The summed E-state index contributed by atoms with van der Waals surface area (Å²) in [6.07, 6.45) is 6.62. The zero-order valence-corrected chi connectivity index (χ0v) is 15.7. The number of thioether (sulfide) groups is 1. The van der Waals surface area contributed by atoms with E-state index in [-0.39, 0.29) is 10.6 Å². The number of halogens is 2. The summed E-state index contributed by atoms with van der Waals surface area (Å²) in [7, 11) is -3.93. The Kier molecular flexibility index (Phi) is 5.67. The van der Waals surface area contributed by atoms with Crippen LogP contribution in [0.5, 0.6) is 0 Å². The Morgan fingerprint density at radius 2 is 1.96 bits per heavy atom. The molecule has 0 amide bonds. The summed E-state index contributed by atoms with van der Waals surface area (Å²) in [4.78, 5) is 4.11. The van der Waals surface area contributed by atoms with E-state index in [4.69, 9.17) is 0 Å². The van der Waals surface area contributed by atoms with Gasteiger partial charge >= 0.3 is 0 Å². The molecule has 2 N–H and O–H groups in total. The molecule has 1 saturated carbocycles. The minimum atomic E-state index is -3.93. The molecule has 1 aliphatic rings. The SMILES string of the molecule is CSC1CCC(Nc2ccc(S(=O)(=O)Nc3ccc(F)c(F)c3)cn2)C1. The number of nitrogens with zero attached hydrogens (tertiary/aromatic N) is 1. The van der Waals surface area contributed by atoms with Crippen LogP contribution in [0, 0.1) is 11.6 Å². The van der Waals surface area contributed by atoms with Crippen LogP contribution in [-0.4, -0.2) is 30.9 Å². The number of rotatable bonds is 6. The minimum Gasteiger partial charge on any atom is -0.367 e. The van der Waals surface area contributed by atoms with Crippen LogP contribution in [0.25, 0.3) is 0 Å². The lowest BCUT2D eigenvalue weighted by molar-refractivity contribution is 0.509. The van der Waals surface area contributed by atoms with E-state index in [2.05, 4.69) is 21.3 Å². The van der Waals surface area contributed by atoms with Gasteiger partial charge in [0.25, 0.3) is 10.0 Å². The number of hydrogen-bond donors (Lipinski definition) is 2. The molecule has 140 valence electrons. The maximum absolute atomic E-state index is 13.2. The van der Waals surface area contributed by atoms with Crippen molar-refractivity contribution in [2.45, 2.75) is 35.4 Å². The van der Waals surface area contributed by atoms with Gasteiger partial charge in [-0.1, -0.05) is 0 Å². The van der Waals surface area contributed by atoms with Gasteiger partial charge < -0.3 is 5.32 Å². The fourth-order valence-corrected chi connectivity index (χ4v) is 4.68. The average molecular weight is 399 g/mol. The standard InChI is InChI=1S/C17H19F2N3O2S2/c1-25-13-4-2-11(8-13)21-17-7-5-14(10-20-17)26(23,24)22-12-3-6-15(18)16(19)9-12/h3,5-7,9-11,13,22H,2,4,8H2,1H3,(H,20,21). The van der Waals surface area contributed by atoms with Crippen molar-refractivity contribution in [3.05, 3.63) is 48.2 Å². The summed E-state index contributed by atoms with van der Waals surface area (Å²) in [6, 6.07) is 6.18. The summed E-state index contributed by atoms with van der Waals surface area (Å²) in [5, 5.41) is 3.96. The van der Waals surface area contributed by atoms with E-state index >= 15 is 0 Å². The maximum Gasteiger partial charge on any atom is 0.263 e. The van der Waals surface area contributed by atoms with Crippen LogP contribution in [-0.2, 0) is 10.0 Å². The monoisotopic (exact) mass is 399 g/mol. The van der Waals surface area contributed by atoms with E-state index in [0.717, 1.165) is 37.5 Å². The molecule has 0 saturated heterocycles. The summed E-state index contributed by atoms with van der Waals surface area (Å²) in [5.41, 5.74) is -0.0554. The second kappa shape index (κ2) is 7.79. The number of sulfonamides is 1. The Labute approximate surface area is 155 Å². The molecule has 9 heteroatoms. The lowest BCUT2D eigenvalue weighted by Gasteiger charge is -2.14. The Hall–Kier alpha value is -1.87. The van der Waals surface area contributed by atoms with E-state index in [1.165, 1.54) is 12.3 Å². The molecule has 1 aromatic heterocycles. The topological polar surface area (TPSA) is 71.1 Å². The third-order valence-electron chi connectivity index (χ3n) is 4.29. The molecule has 0 spiro atoms. The van der Waals surface area contributed by atoms with Crippen molar-refractivity contribution < 1.29 is 17.2 Å². The highest BCUT2D eigenvalue weighted by atomic mass is 32.2. The van der Waals surface area contributed by atoms with Crippen LogP contribution in [0.4, 0.5) is 20.3 Å². The van der Waals surface area contributed by atoms with Gasteiger partial charge in [-0.2, -0.15) is 11.8 Å². The fourth-order valence-electron chi connectivity index (χ4n) is 2.89. The molecule has 0 aliphatic heterocycles. The van der Waals surface area contributed by atoms with Gasteiger partial charge in [0.1, 0.15) is 10.7 Å². The molecule has 3 rings (SSSR count). The summed E-state index contributed by atoms with van der Waals surface area (Å²) >= 11 is 1.86. The van der Waals surface area contributed by atoms with Crippen molar-refractivity contribution in [1.29, 1.82) is 0 Å². The molecule has 2 unspecified atom stereocenters. The van der Waals surface area contributed by atoms with Crippen molar-refractivity contribution in [1.82, 2.24) is 4.98 Å². The van der Waals surface area contributed by atoms with E-state index in [9.17, 15) is 17.2 Å². The summed E-state index contributed by atoms with van der Waals surface area (Å²) in [5.74, 6) is -1.55. The fraction of sp³-hybridized carbons (Fsp3) is 0.353. The third-order valence-corrected chi connectivity index (χ3v) is 6.75. The first-order valence-corrected chi connectivity index (χ1v) is 10.9. The first-order chi connectivity index (χ1) is 12.4. The van der Waals surface area contributed by atoms with Crippen molar-refractivity contribution in [3.8, 4) is 0 Å². The van der Waals surface area contributed by atoms with Gasteiger partial charge in [-0.05, 0) is 49.8 Å². The highest BCUT2D eigenvalue weighted by Crippen LogP contribution is 2.30. The minimum absolute atomic E-state index is 0.0544. The lowest BCUT2D eigenvalue weighted by Crippen LogP contribution is -2.17. The molecule has 2 atom stereocenters. The van der Waals surface area contributed by atoms with Crippen molar-refractivity contribution in [2.75, 3.05) is 16.3 Å². The number of hydrogen-bond acceptors (Lipinski definition) is 5. The van der Waals surface area contributed by atoms with Crippen LogP contribution in [0.3, 0.4) is 0 Å². The molecule has 2 aromatic rings. The van der Waals surface area contributed by atoms with Crippen molar-refractivity contribution >= 4 is 33.3 Å². The first-order valence-electron chi connectivity index (χ1n) is 8.10. The number of anilines is 2. The van der Waals surface area contributed by atoms with Gasteiger partial charge in [-0.15, -0.1) is 0 Å². The van der Waals surface area contributed by atoms with E-state index < -0.39 is 21.7 Å². The second-order valence-electron chi connectivity index (χ2n) is 6.13. The van der Waals surface area contributed by atoms with Crippen LogP contribution in [0.15, 0.2) is 41.4 Å². The van der Waals surface area contributed by atoms with Gasteiger partial charge in [0.15, 0.2) is 11.6 Å². The Bertz CT molecular complexity index is 876. The van der Waals surface area contributed by atoms with Crippen LogP contribution in [0.1, 0.15) is 19.3 Å². The Balaban J connectivity index is 1.67. The third kappa shape index (κ3) is 4.45. The molecule has 26 heavy (non-hydrogen) atoms. The Morgan fingerprint density at radius 1 is 1.15 bits per heavy atom. The van der Waals surface area contributed by atoms with Gasteiger partial charge in [0.2, 0.25) is 0 Å². The van der Waals surface area contributed by atoms with Crippen molar-refractivity contribution in [3.63, 3.8) is 0 Å². The summed E-state index contributed by atoms with van der Waals surface area (Å²) in [6.45, 7) is 0. The number of aromatic nitrogens is 1. The molecule has 1 heterocycles. The van der Waals surface area contributed by atoms with Crippen LogP contribution >= 0.6 is 11.8 Å². The highest BCUT2D eigenvalue weighted by molar-refractivity contribution is 7.99. The van der Waals surface area contributed by atoms with E-state index in [1.807, 2.05) is 11.8 Å². The zero-order valence-electron chi connectivity index (χ0n) is 14.1. The van der Waals surface area contributed by atoms with Gasteiger partial charge in [-0.3, -0.25) is 4.72 Å². The van der Waals surface area contributed by atoms with Gasteiger partial charge in [0, 0.05) is 23.6 Å². The Morgan fingerprint density at radius 3 is 2.58 bits per heavy atom. The van der Waals surface area contributed by atoms with Crippen LogP contribution < -0.4 is 10.0 Å². The predicted molar refractivity (Wildman–Crippen MR) is 100.0 cm³/mol. The predicted octanol–water partition coefficient (Wildman–Crippen LogP) is 3.86. The van der Waals surface area contributed by atoms with Crippen molar-refractivity contribution in [2.24, 2.45) is 0 Å². The lowest BCUT2D eigenvalue weighted by atomic mass is 10.2. The largest absolute Gasteiger partial charge is 0.367 e. The van der Waals surface area contributed by atoms with E-state index in [1.54, 1.807) is 6.07 Å². The smallest absolute Gasteiger partial charge is 0.263 e. The summed E-state index contributed by atoms with van der Waals surface area (Å²) < 4.78 is 53.1. The van der Waals surface area contributed by atoms with Crippen LogP contribution in [0.2, 0.25) is 0 Å². The molecule has 1 aromatic carbocycles. The molecule has 1 aliphatic carbocycles. The quantitative estimate of drug-likeness (QED) is 0.772. The molecular formula is C17H19F2N3O2S2. The molecule has 0 bridgehead atoms. The highest BCUT2D eigenvalue weighted by Gasteiger charge is 2.24. The number of benzene rings is 1. The number of nitrogens with one attached hydrogen (secondary N) is 2. The normalized spacial score (nSPS) is 20.1. The second-order valence-corrected chi connectivity index (χ2v) is 8.95. The molecule has 1 fully saturated rings. The average Bonchev–Trinajstić information content (AvgIpc) is 3.06. The zero-order chi connectivity index (χ0) is 18.7. The molecule has 5 nitrogen and oxygen atoms in total. The van der Waals surface area contributed by atoms with E-state index in [0.29, 0.717) is 17.1 Å². The number of pyridine rings is 1. The maximum atomic E-state index is 13.2. The van der Waals surface area contributed by atoms with Gasteiger partial charge in [-0.25, -0.2) is 22.2 Å². The van der Waals surface area contributed by atoms with Gasteiger partial charge in [0.05, 0.1) is 5.69 Å². The molecule has 0 radical (unpaired) electrons. The first kappa shape index (κ1) is 18.9.